The molecule has 1 aromatic heterocycles. The first-order valence-electron chi connectivity index (χ1n) is 12.0. The fourth-order valence-corrected chi connectivity index (χ4v) is 4.61. The van der Waals surface area contributed by atoms with Crippen LogP contribution in [0.15, 0.2) is 42.6 Å². The first kappa shape index (κ1) is 21.9. The Morgan fingerprint density at radius 1 is 0.828 bits per heavy atom. The molecule has 0 aliphatic heterocycles. The Morgan fingerprint density at radius 2 is 1.55 bits per heavy atom. The Kier molecular flexibility index (Phi) is 9.05. The standard InChI is InChI=1S/C27H39NO/c1-3-5-6-20-29-26-18-19-27(28-21-26)25-16-14-24(15-17-25)13-12-23-10-8-22(7-4-2)9-11-23/h14-19,21-23H,3-13,20H2,1-2H3/t22-,23-. The van der Waals surface area contributed by atoms with Gasteiger partial charge in [-0.25, -0.2) is 0 Å². The van der Waals surface area contributed by atoms with Crippen LogP contribution in [0.2, 0.25) is 0 Å². The zero-order valence-corrected chi connectivity index (χ0v) is 18.5. The molecule has 0 atom stereocenters. The van der Waals surface area contributed by atoms with Crippen LogP contribution in [0.1, 0.15) is 83.6 Å². The SMILES string of the molecule is CCCCCOc1ccc(-c2ccc(CC[C@H]3CC[C@H](CCC)CC3)cc2)nc1. The van der Waals surface area contributed by atoms with Gasteiger partial charge in [0.15, 0.2) is 0 Å². The Labute approximate surface area is 178 Å². The number of nitrogens with zero attached hydrogens (tertiary/aromatic N) is 1. The number of aromatic nitrogens is 1. The molecular weight excluding hydrogens is 354 g/mol. The zero-order chi connectivity index (χ0) is 20.3. The molecule has 0 saturated heterocycles. The summed E-state index contributed by atoms with van der Waals surface area (Å²) >= 11 is 0. The monoisotopic (exact) mass is 393 g/mol. The van der Waals surface area contributed by atoms with E-state index in [9.17, 15) is 0 Å². The lowest BCUT2D eigenvalue weighted by molar-refractivity contribution is 0.252. The van der Waals surface area contributed by atoms with Crippen molar-refractivity contribution in [1.82, 2.24) is 4.98 Å². The molecule has 0 bridgehead atoms. The first-order valence-corrected chi connectivity index (χ1v) is 12.0. The van der Waals surface area contributed by atoms with Gasteiger partial charge in [0.25, 0.3) is 0 Å². The summed E-state index contributed by atoms with van der Waals surface area (Å²) in [6.45, 7) is 5.31. The fourth-order valence-electron chi connectivity index (χ4n) is 4.61. The summed E-state index contributed by atoms with van der Waals surface area (Å²) in [5.41, 5.74) is 3.67. The van der Waals surface area contributed by atoms with Gasteiger partial charge in [0.2, 0.25) is 0 Å². The van der Waals surface area contributed by atoms with Crippen LogP contribution in [-0.2, 0) is 6.42 Å². The number of pyridine rings is 1. The quantitative estimate of drug-likeness (QED) is 0.362. The van der Waals surface area contributed by atoms with Gasteiger partial charge in [-0.15, -0.1) is 0 Å². The van der Waals surface area contributed by atoms with Gasteiger partial charge in [0.05, 0.1) is 18.5 Å². The summed E-state index contributed by atoms with van der Waals surface area (Å²) in [7, 11) is 0. The summed E-state index contributed by atoms with van der Waals surface area (Å²) in [4.78, 5) is 4.59. The van der Waals surface area contributed by atoms with Gasteiger partial charge >= 0.3 is 0 Å². The van der Waals surface area contributed by atoms with Crippen molar-refractivity contribution < 1.29 is 4.74 Å². The van der Waals surface area contributed by atoms with Crippen LogP contribution in [0, 0.1) is 11.8 Å². The Morgan fingerprint density at radius 3 is 2.17 bits per heavy atom. The maximum atomic E-state index is 5.77. The topological polar surface area (TPSA) is 22.1 Å². The minimum atomic E-state index is 0.782. The summed E-state index contributed by atoms with van der Waals surface area (Å²) in [6.07, 6.45) is 16.6. The van der Waals surface area contributed by atoms with Crippen molar-refractivity contribution in [1.29, 1.82) is 0 Å². The maximum Gasteiger partial charge on any atom is 0.137 e. The third-order valence-corrected chi connectivity index (χ3v) is 6.51. The van der Waals surface area contributed by atoms with Gasteiger partial charge in [0, 0.05) is 5.56 Å². The van der Waals surface area contributed by atoms with Gasteiger partial charge in [0.1, 0.15) is 5.75 Å². The second-order valence-electron chi connectivity index (χ2n) is 8.85. The van der Waals surface area contributed by atoms with Gasteiger partial charge in [-0.05, 0) is 48.8 Å². The molecule has 0 unspecified atom stereocenters. The first-order chi connectivity index (χ1) is 14.3. The second kappa shape index (κ2) is 12.0. The highest BCUT2D eigenvalue weighted by molar-refractivity contribution is 5.59. The molecule has 2 heteroatoms. The predicted molar refractivity (Wildman–Crippen MR) is 123 cm³/mol. The molecular formula is C27H39NO. The minimum absolute atomic E-state index is 0.782. The Bertz CT molecular complexity index is 683. The molecule has 1 aromatic carbocycles. The lowest BCUT2D eigenvalue weighted by Gasteiger charge is -2.28. The van der Waals surface area contributed by atoms with Gasteiger partial charge in [-0.1, -0.05) is 89.5 Å². The van der Waals surface area contributed by atoms with E-state index in [-0.39, 0.29) is 0 Å². The number of aryl methyl sites for hydroxylation is 1. The molecule has 0 amide bonds. The van der Waals surface area contributed by atoms with Crippen LogP contribution in [0.25, 0.3) is 11.3 Å². The molecule has 29 heavy (non-hydrogen) atoms. The molecule has 2 aromatic rings. The number of ether oxygens (including phenoxy) is 1. The van der Waals surface area contributed by atoms with E-state index in [1.807, 2.05) is 12.3 Å². The number of rotatable bonds is 11. The highest BCUT2D eigenvalue weighted by Gasteiger charge is 2.20. The Hall–Kier alpha value is -1.83. The van der Waals surface area contributed by atoms with Gasteiger partial charge < -0.3 is 4.74 Å². The van der Waals surface area contributed by atoms with E-state index in [4.69, 9.17) is 4.74 Å². The van der Waals surface area contributed by atoms with Crippen LogP contribution < -0.4 is 4.74 Å². The van der Waals surface area contributed by atoms with Crippen molar-refractivity contribution in [2.45, 2.75) is 84.5 Å². The smallest absolute Gasteiger partial charge is 0.137 e. The van der Waals surface area contributed by atoms with Crippen LogP contribution in [0.3, 0.4) is 0 Å². The molecule has 158 valence electrons. The summed E-state index contributed by atoms with van der Waals surface area (Å²) in [5.74, 6) is 2.82. The largest absolute Gasteiger partial charge is 0.492 e. The van der Waals surface area contributed by atoms with E-state index in [0.29, 0.717) is 0 Å². The predicted octanol–water partition coefficient (Wildman–Crippen LogP) is 7.86. The highest BCUT2D eigenvalue weighted by atomic mass is 16.5. The maximum absolute atomic E-state index is 5.77. The normalized spacial score (nSPS) is 19.2. The number of unbranched alkanes of at least 4 members (excludes halogenated alkanes) is 2. The van der Waals surface area contributed by atoms with E-state index in [1.54, 1.807) is 0 Å². The molecule has 1 aliphatic rings. The number of hydrogen-bond acceptors (Lipinski definition) is 2. The molecule has 2 nitrogen and oxygen atoms in total. The zero-order valence-electron chi connectivity index (χ0n) is 18.5. The average Bonchev–Trinajstić information content (AvgIpc) is 2.77. The van der Waals surface area contributed by atoms with Crippen molar-refractivity contribution in [3.05, 3.63) is 48.2 Å². The minimum Gasteiger partial charge on any atom is -0.492 e. The second-order valence-corrected chi connectivity index (χ2v) is 8.85. The van der Waals surface area contributed by atoms with E-state index < -0.39 is 0 Å². The van der Waals surface area contributed by atoms with Crippen molar-refractivity contribution in [2.24, 2.45) is 11.8 Å². The molecule has 0 radical (unpaired) electrons. The third-order valence-electron chi connectivity index (χ3n) is 6.51. The van der Waals surface area contributed by atoms with Gasteiger partial charge in [-0.3, -0.25) is 4.98 Å². The molecule has 3 rings (SSSR count). The highest BCUT2D eigenvalue weighted by Crippen LogP contribution is 2.34. The van der Waals surface area contributed by atoms with E-state index >= 15 is 0 Å². The molecule has 1 heterocycles. The molecule has 1 aliphatic carbocycles. The van der Waals surface area contributed by atoms with Crippen LogP contribution >= 0.6 is 0 Å². The van der Waals surface area contributed by atoms with Crippen LogP contribution in [0.4, 0.5) is 0 Å². The van der Waals surface area contributed by atoms with E-state index in [0.717, 1.165) is 36.3 Å². The van der Waals surface area contributed by atoms with Gasteiger partial charge in [-0.2, -0.15) is 0 Å². The summed E-state index contributed by atoms with van der Waals surface area (Å²) < 4.78 is 5.77. The van der Waals surface area contributed by atoms with E-state index in [2.05, 4.69) is 49.2 Å². The summed E-state index contributed by atoms with van der Waals surface area (Å²) in [5, 5.41) is 0. The van der Waals surface area contributed by atoms with Crippen molar-refractivity contribution in [2.75, 3.05) is 6.61 Å². The third kappa shape index (κ3) is 7.17. The van der Waals surface area contributed by atoms with Crippen LogP contribution in [0.5, 0.6) is 5.75 Å². The van der Waals surface area contributed by atoms with Crippen molar-refractivity contribution in [3.8, 4) is 17.0 Å². The number of benzene rings is 1. The number of hydrogen-bond donors (Lipinski definition) is 0. The lowest BCUT2D eigenvalue weighted by atomic mass is 9.78. The fraction of sp³-hybridized carbons (Fsp3) is 0.593. The lowest BCUT2D eigenvalue weighted by Crippen LogP contribution is -2.15. The molecule has 0 spiro atoms. The van der Waals surface area contributed by atoms with Crippen LogP contribution in [-0.4, -0.2) is 11.6 Å². The van der Waals surface area contributed by atoms with Crippen molar-refractivity contribution in [3.63, 3.8) is 0 Å². The molecule has 1 saturated carbocycles. The van der Waals surface area contributed by atoms with E-state index in [1.165, 1.54) is 75.3 Å². The average molecular weight is 394 g/mol. The molecule has 0 N–H and O–H groups in total. The molecule has 1 fully saturated rings. The Balaban J connectivity index is 1.44. The summed E-state index contributed by atoms with van der Waals surface area (Å²) in [6, 6.07) is 13.1. The van der Waals surface area contributed by atoms with Crippen molar-refractivity contribution >= 4 is 0 Å².